The summed E-state index contributed by atoms with van der Waals surface area (Å²) in [6.45, 7) is 1.31. The Morgan fingerprint density at radius 2 is 2.33 bits per heavy atom. The number of ether oxygens (including phenoxy) is 1. The van der Waals surface area contributed by atoms with Crippen LogP contribution in [0.5, 0.6) is 0 Å². The number of rotatable bonds is 7. The van der Waals surface area contributed by atoms with Crippen LogP contribution in [0.4, 0.5) is 10.2 Å². The van der Waals surface area contributed by atoms with E-state index in [0.717, 1.165) is 0 Å². The number of hydrogen-bond donors (Lipinski definition) is 2. The van der Waals surface area contributed by atoms with Gasteiger partial charge in [-0.25, -0.2) is 9.37 Å². The van der Waals surface area contributed by atoms with Crippen LogP contribution >= 0.6 is 11.6 Å². The van der Waals surface area contributed by atoms with Crippen molar-refractivity contribution in [2.45, 2.75) is 6.42 Å². The molecule has 1 heterocycles. The molecule has 0 fully saturated rings. The van der Waals surface area contributed by atoms with Gasteiger partial charge in [-0.2, -0.15) is 0 Å². The predicted molar refractivity (Wildman–Crippen MR) is 69.8 cm³/mol. The number of nitrogens with zero attached hydrogens (tertiary/aromatic N) is 2. The Bertz CT molecular complexity index is 416. The van der Waals surface area contributed by atoms with Crippen LogP contribution in [-0.4, -0.2) is 37.6 Å². The summed E-state index contributed by atoms with van der Waals surface area (Å²) in [5.41, 5.74) is 5.30. The van der Waals surface area contributed by atoms with Gasteiger partial charge in [0.25, 0.3) is 0 Å². The highest BCUT2D eigenvalue weighted by molar-refractivity contribution is 6.30. The molecular weight excluding hydrogens is 259 g/mol. The molecule has 18 heavy (non-hydrogen) atoms. The number of methoxy groups -OCH3 is 1. The minimum atomic E-state index is -0.498. The normalized spacial score (nSPS) is 10.4. The lowest BCUT2D eigenvalue weighted by molar-refractivity contribution is 0.205. The first-order valence-corrected chi connectivity index (χ1v) is 5.80. The number of pyridine rings is 1. The first kappa shape index (κ1) is 14.7. The smallest absolute Gasteiger partial charge is 0.167 e. The molecular formula is C11H16ClFN4O. The van der Waals surface area contributed by atoms with Crippen molar-refractivity contribution in [3.05, 3.63) is 23.1 Å². The van der Waals surface area contributed by atoms with Crippen LogP contribution in [0.25, 0.3) is 0 Å². The van der Waals surface area contributed by atoms with Crippen molar-refractivity contribution in [2.75, 3.05) is 31.7 Å². The molecule has 7 heteroatoms. The average molecular weight is 275 g/mol. The molecule has 0 aliphatic heterocycles. The zero-order chi connectivity index (χ0) is 13.5. The van der Waals surface area contributed by atoms with Crippen LogP contribution in [-0.2, 0) is 4.74 Å². The third kappa shape index (κ3) is 4.46. The molecule has 0 atom stereocenters. The Kier molecular flexibility index (Phi) is 5.80. The first-order valence-electron chi connectivity index (χ1n) is 5.42. The fourth-order valence-corrected chi connectivity index (χ4v) is 1.57. The van der Waals surface area contributed by atoms with Gasteiger partial charge in [-0.3, -0.25) is 5.41 Å². The second-order valence-electron chi connectivity index (χ2n) is 3.71. The zero-order valence-corrected chi connectivity index (χ0v) is 10.9. The SMILES string of the molecule is COCCN(CCC(=N)N)c1ncc(Cl)cc1F. The van der Waals surface area contributed by atoms with E-state index in [-0.39, 0.29) is 16.7 Å². The molecule has 0 aliphatic carbocycles. The molecule has 0 spiro atoms. The Morgan fingerprint density at radius 3 is 2.89 bits per heavy atom. The summed E-state index contributed by atoms with van der Waals surface area (Å²) in [6, 6.07) is 1.21. The molecule has 0 aromatic carbocycles. The minimum Gasteiger partial charge on any atom is -0.388 e. The van der Waals surface area contributed by atoms with Gasteiger partial charge < -0.3 is 15.4 Å². The Hall–Kier alpha value is -1.40. The Balaban J connectivity index is 2.82. The zero-order valence-electron chi connectivity index (χ0n) is 10.1. The van der Waals surface area contributed by atoms with E-state index >= 15 is 0 Å². The fraction of sp³-hybridized carbons (Fsp3) is 0.455. The second-order valence-corrected chi connectivity index (χ2v) is 4.15. The molecule has 0 radical (unpaired) electrons. The molecule has 0 unspecified atom stereocenters. The number of hydrogen-bond acceptors (Lipinski definition) is 4. The molecule has 0 aliphatic rings. The van der Waals surface area contributed by atoms with Crippen molar-refractivity contribution in [3.63, 3.8) is 0 Å². The van der Waals surface area contributed by atoms with Crippen molar-refractivity contribution in [2.24, 2.45) is 5.73 Å². The van der Waals surface area contributed by atoms with E-state index in [9.17, 15) is 4.39 Å². The van der Waals surface area contributed by atoms with Crippen LogP contribution < -0.4 is 10.6 Å². The lowest BCUT2D eigenvalue weighted by Crippen LogP contribution is -2.32. The summed E-state index contributed by atoms with van der Waals surface area (Å²) in [4.78, 5) is 5.64. The Morgan fingerprint density at radius 1 is 1.61 bits per heavy atom. The van der Waals surface area contributed by atoms with Gasteiger partial charge in [0, 0.05) is 32.8 Å². The third-order valence-corrected chi connectivity index (χ3v) is 2.51. The van der Waals surface area contributed by atoms with Gasteiger partial charge >= 0.3 is 0 Å². The largest absolute Gasteiger partial charge is 0.388 e. The molecule has 5 nitrogen and oxygen atoms in total. The van der Waals surface area contributed by atoms with Crippen LogP contribution in [0.2, 0.25) is 5.02 Å². The number of aromatic nitrogens is 1. The van der Waals surface area contributed by atoms with Gasteiger partial charge in [0.15, 0.2) is 11.6 Å². The lowest BCUT2D eigenvalue weighted by Gasteiger charge is -2.23. The van der Waals surface area contributed by atoms with Crippen LogP contribution in [0.3, 0.4) is 0 Å². The van der Waals surface area contributed by atoms with Gasteiger partial charge in [-0.1, -0.05) is 11.6 Å². The maximum Gasteiger partial charge on any atom is 0.167 e. The summed E-state index contributed by atoms with van der Waals surface area (Å²) >= 11 is 5.65. The number of halogens is 2. The molecule has 1 aromatic rings. The summed E-state index contributed by atoms with van der Waals surface area (Å²) in [6.07, 6.45) is 1.72. The second kappa shape index (κ2) is 7.13. The molecule has 1 rings (SSSR count). The van der Waals surface area contributed by atoms with Crippen molar-refractivity contribution < 1.29 is 9.13 Å². The average Bonchev–Trinajstić information content (AvgIpc) is 2.30. The predicted octanol–water partition coefficient (Wildman–Crippen LogP) is 1.65. The van der Waals surface area contributed by atoms with E-state index in [4.69, 9.17) is 27.5 Å². The van der Waals surface area contributed by atoms with E-state index in [0.29, 0.717) is 26.1 Å². The van der Waals surface area contributed by atoms with Crippen molar-refractivity contribution in [1.29, 1.82) is 5.41 Å². The molecule has 0 bridgehead atoms. The fourth-order valence-electron chi connectivity index (χ4n) is 1.42. The third-order valence-electron chi connectivity index (χ3n) is 2.30. The summed E-state index contributed by atoms with van der Waals surface area (Å²) in [5, 5.41) is 7.44. The number of nitrogens with two attached hydrogens (primary N) is 1. The molecule has 0 saturated heterocycles. The quantitative estimate of drug-likeness (QED) is 0.586. The van der Waals surface area contributed by atoms with Crippen LogP contribution in [0.15, 0.2) is 12.3 Å². The van der Waals surface area contributed by atoms with E-state index in [1.165, 1.54) is 12.3 Å². The van der Waals surface area contributed by atoms with E-state index in [1.54, 1.807) is 12.0 Å². The molecule has 100 valence electrons. The van der Waals surface area contributed by atoms with Gasteiger partial charge in [0.2, 0.25) is 0 Å². The Labute approximate surface area is 110 Å². The number of amidine groups is 1. The van der Waals surface area contributed by atoms with Gasteiger partial charge in [0.05, 0.1) is 17.5 Å². The van der Waals surface area contributed by atoms with Crippen molar-refractivity contribution >= 4 is 23.3 Å². The maximum atomic E-state index is 13.7. The van der Waals surface area contributed by atoms with Crippen molar-refractivity contribution in [3.8, 4) is 0 Å². The maximum absolute atomic E-state index is 13.7. The van der Waals surface area contributed by atoms with Crippen molar-refractivity contribution in [1.82, 2.24) is 4.98 Å². The standard InChI is InChI=1S/C11H16ClFN4O/c1-18-5-4-17(3-2-10(14)15)11-9(13)6-8(12)7-16-11/h6-7H,2-5H2,1H3,(H3,14,15). The highest BCUT2D eigenvalue weighted by atomic mass is 35.5. The highest BCUT2D eigenvalue weighted by Crippen LogP contribution is 2.19. The topological polar surface area (TPSA) is 75.2 Å². The summed E-state index contributed by atoms with van der Waals surface area (Å²) in [7, 11) is 1.56. The first-order chi connectivity index (χ1) is 8.54. The number of anilines is 1. The monoisotopic (exact) mass is 274 g/mol. The summed E-state index contributed by atoms with van der Waals surface area (Å²) < 4.78 is 18.7. The van der Waals surface area contributed by atoms with E-state index < -0.39 is 5.82 Å². The van der Waals surface area contributed by atoms with E-state index in [1.807, 2.05) is 0 Å². The van der Waals surface area contributed by atoms with Gasteiger partial charge in [-0.15, -0.1) is 0 Å². The van der Waals surface area contributed by atoms with E-state index in [2.05, 4.69) is 4.98 Å². The highest BCUT2D eigenvalue weighted by Gasteiger charge is 2.13. The van der Waals surface area contributed by atoms with Gasteiger partial charge in [-0.05, 0) is 6.07 Å². The van der Waals surface area contributed by atoms with Crippen LogP contribution in [0, 0.1) is 11.2 Å². The van der Waals surface area contributed by atoms with Crippen LogP contribution in [0.1, 0.15) is 6.42 Å². The minimum absolute atomic E-state index is 0.0480. The summed E-state index contributed by atoms with van der Waals surface area (Å²) in [5.74, 6) is -0.258. The molecule has 3 N–H and O–H groups in total. The number of nitrogens with one attached hydrogen (secondary N) is 1. The molecule has 1 aromatic heterocycles. The lowest BCUT2D eigenvalue weighted by atomic mass is 10.3. The van der Waals surface area contributed by atoms with Gasteiger partial charge in [0.1, 0.15) is 0 Å². The molecule has 0 amide bonds. The molecule has 0 saturated carbocycles.